The Balaban J connectivity index is 1.15. The van der Waals surface area contributed by atoms with Crippen molar-refractivity contribution < 1.29 is 0 Å². The minimum atomic E-state index is 1.06. The molecule has 2 fully saturated rings. The minimum Gasteiger partial charge on any atom is -0.302 e. The molecule has 2 aliphatic rings. The van der Waals surface area contributed by atoms with E-state index in [4.69, 9.17) is 0 Å². The summed E-state index contributed by atoms with van der Waals surface area (Å²) in [5, 5.41) is 9.28. The first kappa shape index (κ1) is 21.0. The van der Waals surface area contributed by atoms with Gasteiger partial charge in [0.1, 0.15) is 0 Å². The summed E-state index contributed by atoms with van der Waals surface area (Å²) in [5.74, 6) is 0. The Kier molecular flexibility index (Phi) is 7.81. The topological polar surface area (TPSA) is 31.2 Å². The Morgan fingerprint density at radius 1 is 0.533 bits per heavy atom. The molecule has 0 unspecified atom stereocenters. The summed E-state index contributed by atoms with van der Waals surface area (Å²) in [6.45, 7) is 6.75. The van der Waals surface area contributed by atoms with Gasteiger partial charge in [-0.1, -0.05) is 60.7 Å². The van der Waals surface area contributed by atoms with Gasteiger partial charge in [-0.05, 0) is 24.0 Å². The van der Waals surface area contributed by atoms with E-state index in [1.165, 1.54) is 22.6 Å². The molecule has 2 heterocycles. The lowest BCUT2D eigenvalue weighted by atomic mass is 10.1. The van der Waals surface area contributed by atoms with Crippen LogP contribution in [0.25, 0.3) is 0 Å². The number of hydrogen-bond donors (Lipinski definition) is 0. The highest BCUT2D eigenvalue weighted by Crippen LogP contribution is 2.12. The molecule has 0 aliphatic carbocycles. The summed E-state index contributed by atoms with van der Waals surface area (Å²) in [6, 6.07) is 21.6. The molecule has 2 saturated heterocycles. The van der Waals surface area contributed by atoms with Crippen LogP contribution in [0.2, 0.25) is 0 Å². The fourth-order valence-electron chi connectivity index (χ4n) is 4.27. The van der Waals surface area contributed by atoms with Crippen LogP contribution in [0.15, 0.2) is 70.9 Å². The first-order valence-electron chi connectivity index (χ1n) is 11.5. The first-order valence-corrected chi connectivity index (χ1v) is 11.5. The monoisotopic (exact) mass is 402 g/mol. The molecular weight excluding hydrogens is 368 g/mol. The predicted octanol–water partition coefficient (Wildman–Crippen LogP) is 4.46. The van der Waals surface area contributed by atoms with Gasteiger partial charge in [0.05, 0.1) is 0 Å². The van der Waals surface area contributed by atoms with Crippen LogP contribution in [0, 0.1) is 0 Å². The third-order valence-electron chi connectivity index (χ3n) is 6.32. The van der Waals surface area contributed by atoms with E-state index in [0.717, 1.165) is 77.8 Å². The van der Waals surface area contributed by atoms with E-state index in [1.807, 2.05) is 0 Å². The molecule has 158 valence electrons. The molecule has 2 aromatic rings. The Hall–Kier alpha value is -2.30. The SMILES string of the molecule is c1ccc(CCN2CCC(=NN=C3CCN(CCc4ccccc4)CC3)CC2)cc1. The summed E-state index contributed by atoms with van der Waals surface area (Å²) >= 11 is 0. The van der Waals surface area contributed by atoms with E-state index in [9.17, 15) is 0 Å². The van der Waals surface area contributed by atoms with E-state index in [2.05, 4.69) is 80.7 Å². The predicted molar refractivity (Wildman–Crippen MR) is 127 cm³/mol. The minimum absolute atomic E-state index is 1.06. The van der Waals surface area contributed by atoms with Crippen molar-refractivity contribution in [3.8, 4) is 0 Å². The quantitative estimate of drug-likeness (QED) is 0.640. The Morgan fingerprint density at radius 3 is 1.27 bits per heavy atom. The van der Waals surface area contributed by atoms with Gasteiger partial charge in [0, 0.05) is 76.4 Å². The summed E-state index contributed by atoms with van der Waals surface area (Å²) in [5.41, 5.74) is 5.42. The fourth-order valence-corrected chi connectivity index (χ4v) is 4.27. The second-order valence-corrected chi connectivity index (χ2v) is 8.49. The van der Waals surface area contributed by atoms with Crippen molar-refractivity contribution in [2.24, 2.45) is 10.2 Å². The molecular formula is C26H34N4. The molecule has 2 aromatic carbocycles. The Morgan fingerprint density at radius 2 is 0.900 bits per heavy atom. The maximum absolute atomic E-state index is 4.64. The molecule has 4 rings (SSSR count). The summed E-state index contributed by atoms with van der Waals surface area (Å²) in [6.07, 6.45) is 6.53. The van der Waals surface area contributed by atoms with Crippen molar-refractivity contribution in [1.29, 1.82) is 0 Å². The average Bonchev–Trinajstić information content (AvgIpc) is 2.83. The molecule has 2 aliphatic heterocycles. The number of rotatable bonds is 7. The number of benzene rings is 2. The van der Waals surface area contributed by atoms with Gasteiger partial charge in [-0.15, -0.1) is 0 Å². The van der Waals surface area contributed by atoms with Crippen LogP contribution in [-0.2, 0) is 12.8 Å². The van der Waals surface area contributed by atoms with Crippen molar-refractivity contribution in [1.82, 2.24) is 9.80 Å². The molecule has 0 aromatic heterocycles. The van der Waals surface area contributed by atoms with Gasteiger partial charge < -0.3 is 9.80 Å². The highest BCUT2D eigenvalue weighted by atomic mass is 15.2. The van der Waals surface area contributed by atoms with Crippen LogP contribution in [0.1, 0.15) is 36.8 Å². The van der Waals surface area contributed by atoms with Gasteiger partial charge >= 0.3 is 0 Å². The van der Waals surface area contributed by atoms with E-state index < -0.39 is 0 Å². The van der Waals surface area contributed by atoms with Crippen molar-refractivity contribution in [3.05, 3.63) is 71.8 Å². The maximum Gasteiger partial charge on any atom is 0.0431 e. The molecule has 30 heavy (non-hydrogen) atoms. The molecule has 0 radical (unpaired) electrons. The Bertz CT molecular complexity index is 737. The largest absolute Gasteiger partial charge is 0.302 e. The second kappa shape index (κ2) is 11.2. The number of hydrogen-bond acceptors (Lipinski definition) is 4. The molecule has 0 spiro atoms. The highest BCUT2D eigenvalue weighted by Gasteiger charge is 2.17. The van der Waals surface area contributed by atoms with Gasteiger partial charge in [0.15, 0.2) is 0 Å². The van der Waals surface area contributed by atoms with Crippen LogP contribution in [0.3, 0.4) is 0 Å². The summed E-state index contributed by atoms with van der Waals surface area (Å²) < 4.78 is 0. The van der Waals surface area contributed by atoms with E-state index >= 15 is 0 Å². The van der Waals surface area contributed by atoms with E-state index in [1.54, 1.807) is 0 Å². The average molecular weight is 403 g/mol. The lowest BCUT2D eigenvalue weighted by Gasteiger charge is -2.28. The highest BCUT2D eigenvalue weighted by molar-refractivity contribution is 5.89. The fraction of sp³-hybridized carbons (Fsp3) is 0.462. The van der Waals surface area contributed by atoms with Crippen LogP contribution >= 0.6 is 0 Å². The van der Waals surface area contributed by atoms with Gasteiger partial charge in [-0.25, -0.2) is 0 Å². The van der Waals surface area contributed by atoms with Gasteiger partial charge in [0.25, 0.3) is 0 Å². The first-order chi connectivity index (χ1) is 14.8. The third-order valence-corrected chi connectivity index (χ3v) is 6.32. The molecule has 0 bridgehead atoms. The van der Waals surface area contributed by atoms with Crippen molar-refractivity contribution in [2.45, 2.75) is 38.5 Å². The van der Waals surface area contributed by atoms with E-state index in [-0.39, 0.29) is 0 Å². The van der Waals surface area contributed by atoms with Gasteiger partial charge in [-0.2, -0.15) is 10.2 Å². The summed E-state index contributed by atoms with van der Waals surface area (Å²) in [7, 11) is 0. The van der Waals surface area contributed by atoms with Crippen LogP contribution in [-0.4, -0.2) is 60.5 Å². The van der Waals surface area contributed by atoms with Crippen LogP contribution < -0.4 is 0 Å². The lowest BCUT2D eigenvalue weighted by molar-refractivity contribution is 0.277. The van der Waals surface area contributed by atoms with Gasteiger partial charge in [-0.3, -0.25) is 0 Å². The van der Waals surface area contributed by atoms with Crippen molar-refractivity contribution in [3.63, 3.8) is 0 Å². The van der Waals surface area contributed by atoms with Crippen LogP contribution in [0.5, 0.6) is 0 Å². The molecule has 4 heteroatoms. The zero-order valence-electron chi connectivity index (χ0n) is 18.0. The number of likely N-dealkylation sites (tertiary alicyclic amines) is 2. The van der Waals surface area contributed by atoms with Gasteiger partial charge in [0.2, 0.25) is 0 Å². The second-order valence-electron chi connectivity index (χ2n) is 8.49. The summed E-state index contributed by atoms with van der Waals surface area (Å²) in [4.78, 5) is 5.12. The molecule has 0 N–H and O–H groups in total. The number of nitrogens with zero attached hydrogens (tertiary/aromatic N) is 4. The molecule has 4 nitrogen and oxygen atoms in total. The van der Waals surface area contributed by atoms with Crippen molar-refractivity contribution >= 4 is 11.4 Å². The standard InChI is InChI=1S/C26H34N4/c1-3-7-23(8-4-1)11-17-29-19-13-25(14-20-29)27-28-26-15-21-30(22-16-26)18-12-24-9-5-2-6-10-24/h1-10H,11-22H2. The number of piperidine rings is 2. The normalized spacial score (nSPS) is 18.4. The van der Waals surface area contributed by atoms with E-state index in [0.29, 0.717) is 0 Å². The zero-order chi connectivity index (χ0) is 20.4. The maximum atomic E-state index is 4.64. The molecule has 0 saturated carbocycles. The third kappa shape index (κ3) is 6.61. The smallest absolute Gasteiger partial charge is 0.0431 e. The molecule has 0 atom stereocenters. The van der Waals surface area contributed by atoms with Crippen LogP contribution in [0.4, 0.5) is 0 Å². The molecule has 0 amide bonds. The zero-order valence-corrected chi connectivity index (χ0v) is 18.0. The van der Waals surface area contributed by atoms with Crippen molar-refractivity contribution in [2.75, 3.05) is 39.3 Å². The lowest BCUT2D eigenvalue weighted by Crippen LogP contribution is -2.36. The Labute approximate surface area is 181 Å².